The van der Waals surface area contributed by atoms with Gasteiger partial charge in [0.05, 0.1) is 16.2 Å². The van der Waals surface area contributed by atoms with E-state index in [1.807, 2.05) is 0 Å². The molecule has 0 bridgehead atoms. The zero-order chi connectivity index (χ0) is 10.8. The predicted octanol–water partition coefficient (Wildman–Crippen LogP) is 2.58. The molecule has 1 aliphatic heterocycles. The van der Waals surface area contributed by atoms with E-state index >= 15 is 0 Å². The van der Waals surface area contributed by atoms with Crippen molar-refractivity contribution in [2.75, 3.05) is 0 Å². The molecule has 0 aromatic rings. The van der Waals surface area contributed by atoms with Gasteiger partial charge in [-0.25, -0.2) is 0 Å². The second-order valence-electron chi connectivity index (χ2n) is 4.74. The molecule has 14 heavy (non-hydrogen) atoms. The summed E-state index contributed by atoms with van der Waals surface area (Å²) in [7, 11) is 0. The Labute approximate surface area is 92.8 Å². The minimum atomic E-state index is 0.00794. The van der Waals surface area contributed by atoms with E-state index in [1.54, 1.807) is 0 Å². The first-order valence-electron chi connectivity index (χ1n) is 5.58. The molecular weight excluding hydrogens is 192 g/mol. The molecular formula is C11H22N2S. The number of hydrogen-bond donors (Lipinski definition) is 2. The molecule has 3 heteroatoms. The van der Waals surface area contributed by atoms with E-state index < -0.39 is 0 Å². The van der Waals surface area contributed by atoms with Gasteiger partial charge in [0.1, 0.15) is 0 Å². The maximum Gasteiger partial charge on any atom is 0.0969 e. The summed E-state index contributed by atoms with van der Waals surface area (Å²) >= 11 is 5.41. The van der Waals surface area contributed by atoms with Crippen LogP contribution >= 0.6 is 12.2 Å². The van der Waals surface area contributed by atoms with Crippen LogP contribution in [0.15, 0.2) is 0 Å². The van der Waals surface area contributed by atoms with E-state index in [0.717, 1.165) is 24.3 Å². The van der Waals surface area contributed by atoms with Gasteiger partial charge in [-0.05, 0) is 26.7 Å². The second kappa shape index (κ2) is 4.15. The average Bonchev–Trinajstić information content (AvgIpc) is 2.23. The van der Waals surface area contributed by atoms with Crippen molar-refractivity contribution in [1.82, 2.24) is 10.6 Å². The number of rotatable bonds is 4. The highest BCUT2D eigenvalue weighted by molar-refractivity contribution is 7.80. The Hall–Kier alpha value is -0.150. The summed E-state index contributed by atoms with van der Waals surface area (Å²) in [5, 5.41) is 7.07. The summed E-state index contributed by atoms with van der Waals surface area (Å²) in [5.74, 6) is 0. The normalized spacial score (nSPS) is 37.3. The van der Waals surface area contributed by atoms with Crippen LogP contribution in [0.3, 0.4) is 0 Å². The molecule has 0 aromatic heterocycles. The standard InChI is InChI=1S/C11H22N2S/c1-5-7-10(3)9(14)12-11(4,13-10)8-6-2/h13H,5-8H2,1-4H3,(H,12,14). The van der Waals surface area contributed by atoms with Crippen molar-refractivity contribution < 1.29 is 0 Å². The molecule has 2 nitrogen and oxygen atoms in total. The lowest BCUT2D eigenvalue weighted by Crippen LogP contribution is -2.50. The molecule has 2 N–H and O–H groups in total. The molecule has 0 amide bonds. The van der Waals surface area contributed by atoms with Gasteiger partial charge in [-0.15, -0.1) is 0 Å². The Balaban J connectivity index is 2.72. The summed E-state index contributed by atoms with van der Waals surface area (Å²) in [6.45, 7) is 8.80. The summed E-state index contributed by atoms with van der Waals surface area (Å²) in [6.07, 6.45) is 4.55. The summed E-state index contributed by atoms with van der Waals surface area (Å²) in [5.41, 5.74) is 0.0176. The quantitative estimate of drug-likeness (QED) is 0.703. The Morgan fingerprint density at radius 1 is 1.14 bits per heavy atom. The SMILES string of the molecule is CCCC1(C)NC(=S)C(C)(CCC)N1. The van der Waals surface area contributed by atoms with Gasteiger partial charge >= 0.3 is 0 Å². The van der Waals surface area contributed by atoms with Crippen molar-refractivity contribution >= 4 is 17.2 Å². The zero-order valence-corrected chi connectivity index (χ0v) is 10.6. The van der Waals surface area contributed by atoms with Gasteiger partial charge in [0, 0.05) is 0 Å². The van der Waals surface area contributed by atoms with Gasteiger partial charge in [0.2, 0.25) is 0 Å². The highest BCUT2D eigenvalue weighted by atomic mass is 32.1. The molecule has 1 saturated heterocycles. The molecule has 1 heterocycles. The third-order valence-corrected chi connectivity index (χ3v) is 3.49. The van der Waals surface area contributed by atoms with E-state index in [4.69, 9.17) is 12.2 Å². The van der Waals surface area contributed by atoms with Gasteiger partial charge in [-0.3, -0.25) is 5.32 Å². The summed E-state index contributed by atoms with van der Waals surface area (Å²) in [6, 6.07) is 0. The van der Waals surface area contributed by atoms with E-state index in [1.165, 1.54) is 6.42 Å². The van der Waals surface area contributed by atoms with Crippen molar-refractivity contribution in [3.8, 4) is 0 Å². The first kappa shape index (κ1) is 11.9. The Morgan fingerprint density at radius 2 is 1.71 bits per heavy atom. The van der Waals surface area contributed by atoms with E-state index in [9.17, 15) is 0 Å². The summed E-state index contributed by atoms with van der Waals surface area (Å²) < 4.78 is 0. The number of hydrogen-bond acceptors (Lipinski definition) is 2. The fraction of sp³-hybridized carbons (Fsp3) is 0.909. The molecule has 2 unspecified atom stereocenters. The fourth-order valence-electron chi connectivity index (χ4n) is 2.39. The van der Waals surface area contributed by atoms with Crippen molar-refractivity contribution in [3.05, 3.63) is 0 Å². The van der Waals surface area contributed by atoms with Crippen LogP contribution in [0.5, 0.6) is 0 Å². The topological polar surface area (TPSA) is 24.1 Å². The Morgan fingerprint density at radius 3 is 2.21 bits per heavy atom. The van der Waals surface area contributed by atoms with Gasteiger partial charge in [-0.1, -0.05) is 38.9 Å². The van der Waals surface area contributed by atoms with Crippen molar-refractivity contribution in [1.29, 1.82) is 0 Å². The maximum atomic E-state index is 5.41. The highest BCUT2D eigenvalue weighted by Gasteiger charge is 2.44. The Kier molecular flexibility index (Phi) is 3.53. The van der Waals surface area contributed by atoms with Gasteiger partial charge in [0.25, 0.3) is 0 Å². The van der Waals surface area contributed by atoms with E-state index in [0.29, 0.717) is 0 Å². The summed E-state index contributed by atoms with van der Waals surface area (Å²) in [4.78, 5) is 0.982. The average molecular weight is 214 g/mol. The molecule has 1 fully saturated rings. The first-order valence-corrected chi connectivity index (χ1v) is 5.98. The van der Waals surface area contributed by atoms with Crippen LogP contribution in [-0.2, 0) is 0 Å². The minimum Gasteiger partial charge on any atom is -0.360 e. The van der Waals surface area contributed by atoms with Crippen molar-refractivity contribution in [2.24, 2.45) is 0 Å². The smallest absolute Gasteiger partial charge is 0.0969 e. The van der Waals surface area contributed by atoms with Crippen LogP contribution < -0.4 is 10.6 Å². The maximum absolute atomic E-state index is 5.41. The predicted molar refractivity (Wildman–Crippen MR) is 65.5 cm³/mol. The molecule has 0 aromatic carbocycles. The van der Waals surface area contributed by atoms with Crippen LogP contribution in [0.1, 0.15) is 53.4 Å². The molecule has 2 atom stereocenters. The molecule has 0 saturated carbocycles. The van der Waals surface area contributed by atoms with Gasteiger partial charge in [-0.2, -0.15) is 0 Å². The number of nitrogens with one attached hydrogen (secondary N) is 2. The van der Waals surface area contributed by atoms with Gasteiger partial charge < -0.3 is 5.32 Å². The van der Waals surface area contributed by atoms with Crippen LogP contribution in [0.4, 0.5) is 0 Å². The van der Waals surface area contributed by atoms with E-state index in [-0.39, 0.29) is 11.2 Å². The third kappa shape index (κ3) is 2.26. The van der Waals surface area contributed by atoms with Gasteiger partial charge in [0.15, 0.2) is 0 Å². The minimum absolute atomic E-state index is 0.00794. The zero-order valence-electron chi connectivity index (χ0n) is 9.74. The Bertz CT molecular complexity index is 229. The fourth-order valence-corrected chi connectivity index (χ4v) is 2.76. The third-order valence-electron chi connectivity index (χ3n) is 2.94. The molecule has 0 aliphatic carbocycles. The van der Waals surface area contributed by atoms with Crippen LogP contribution in [-0.4, -0.2) is 16.2 Å². The first-order chi connectivity index (χ1) is 6.46. The van der Waals surface area contributed by atoms with Crippen LogP contribution in [0.25, 0.3) is 0 Å². The molecule has 0 spiro atoms. The lowest BCUT2D eigenvalue weighted by Gasteiger charge is -2.28. The lowest BCUT2D eigenvalue weighted by molar-refractivity contribution is 0.287. The largest absolute Gasteiger partial charge is 0.360 e. The highest BCUT2D eigenvalue weighted by Crippen LogP contribution is 2.26. The molecule has 1 rings (SSSR count). The molecule has 0 radical (unpaired) electrons. The van der Waals surface area contributed by atoms with Crippen LogP contribution in [0.2, 0.25) is 0 Å². The lowest BCUT2D eigenvalue weighted by atomic mass is 9.97. The van der Waals surface area contributed by atoms with Crippen LogP contribution in [0, 0.1) is 0 Å². The number of thiocarbonyl (C=S) groups is 1. The second-order valence-corrected chi connectivity index (χ2v) is 5.15. The molecule has 82 valence electrons. The molecule has 1 aliphatic rings. The van der Waals surface area contributed by atoms with Crippen molar-refractivity contribution in [2.45, 2.75) is 64.6 Å². The monoisotopic (exact) mass is 214 g/mol. The van der Waals surface area contributed by atoms with Crippen molar-refractivity contribution in [3.63, 3.8) is 0 Å². The van der Waals surface area contributed by atoms with E-state index in [2.05, 4.69) is 38.3 Å².